The van der Waals surface area contributed by atoms with Crippen LogP contribution >= 0.6 is 11.3 Å². The molecule has 1 saturated heterocycles. The van der Waals surface area contributed by atoms with E-state index >= 15 is 0 Å². The van der Waals surface area contributed by atoms with Gasteiger partial charge in [-0.2, -0.15) is 0 Å². The second-order valence-electron chi connectivity index (χ2n) is 4.19. The maximum absolute atomic E-state index is 4.25. The van der Waals surface area contributed by atoms with Crippen molar-refractivity contribution in [3.63, 3.8) is 0 Å². The molecule has 0 spiro atoms. The lowest BCUT2D eigenvalue weighted by Gasteiger charge is -2.22. The van der Waals surface area contributed by atoms with E-state index < -0.39 is 0 Å². The molecule has 2 N–H and O–H groups in total. The summed E-state index contributed by atoms with van der Waals surface area (Å²) in [7, 11) is 0. The molecule has 15 heavy (non-hydrogen) atoms. The van der Waals surface area contributed by atoms with Crippen LogP contribution in [0.5, 0.6) is 0 Å². The number of piperidine rings is 1. The summed E-state index contributed by atoms with van der Waals surface area (Å²) in [6.07, 6.45) is 2.63. The molecule has 0 radical (unpaired) electrons. The van der Waals surface area contributed by atoms with Crippen molar-refractivity contribution in [2.24, 2.45) is 5.92 Å². The highest BCUT2D eigenvalue weighted by molar-refractivity contribution is 7.09. The third-order valence-corrected chi connectivity index (χ3v) is 3.96. The molecule has 2 heterocycles. The SMILES string of the molecule is Cc1ncsc1CNCC1CCNCC1. The normalized spacial score (nSPS) is 18.2. The molecule has 3 nitrogen and oxygen atoms in total. The number of hydrogen-bond donors (Lipinski definition) is 2. The zero-order valence-corrected chi connectivity index (χ0v) is 10.1. The smallest absolute Gasteiger partial charge is 0.0798 e. The molecular weight excluding hydrogens is 206 g/mol. The van der Waals surface area contributed by atoms with E-state index in [1.54, 1.807) is 11.3 Å². The summed E-state index contributed by atoms with van der Waals surface area (Å²) in [6, 6.07) is 0. The predicted octanol–water partition coefficient (Wildman–Crippen LogP) is 1.54. The molecule has 0 aliphatic carbocycles. The van der Waals surface area contributed by atoms with Gasteiger partial charge in [0.05, 0.1) is 11.2 Å². The molecule has 1 aliphatic heterocycles. The fourth-order valence-electron chi connectivity index (χ4n) is 1.97. The molecule has 84 valence electrons. The highest BCUT2D eigenvalue weighted by Crippen LogP contribution is 2.13. The first kappa shape index (κ1) is 11.0. The molecule has 0 amide bonds. The van der Waals surface area contributed by atoms with Gasteiger partial charge in [0.1, 0.15) is 0 Å². The Kier molecular flexibility index (Phi) is 4.11. The Bertz CT molecular complexity index is 292. The van der Waals surface area contributed by atoms with E-state index in [1.807, 2.05) is 5.51 Å². The Labute approximate surface area is 95.3 Å². The van der Waals surface area contributed by atoms with E-state index in [4.69, 9.17) is 0 Å². The lowest BCUT2D eigenvalue weighted by atomic mass is 9.98. The molecule has 0 aromatic carbocycles. The number of rotatable bonds is 4. The van der Waals surface area contributed by atoms with Crippen LogP contribution in [0.15, 0.2) is 5.51 Å². The lowest BCUT2D eigenvalue weighted by Crippen LogP contribution is -2.33. The molecule has 4 heteroatoms. The van der Waals surface area contributed by atoms with Gasteiger partial charge in [0.25, 0.3) is 0 Å². The fourth-order valence-corrected chi connectivity index (χ4v) is 2.72. The predicted molar refractivity (Wildman–Crippen MR) is 64.2 cm³/mol. The van der Waals surface area contributed by atoms with Gasteiger partial charge < -0.3 is 10.6 Å². The topological polar surface area (TPSA) is 37.0 Å². The van der Waals surface area contributed by atoms with Crippen LogP contribution in [0.3, 0.4) is 0 Å². The largest absolute Gasteiger partial charge is 0.317 e. The van der Waals surface area contributed by atoms with Crippen molar-refractivity contribution in [3.05, 3.63) is 16.1 Å². The molecule has 1 aliphatic rings. The number of aromatic nitrogens is 1. The Balaban J connectivity index is 1.68. The summed E-state index contributed by atoms with van der Waals surface area (Å²) in [5, 5.41) is 6.93. The first-order valence-corrected chi connectivity index (χ1v) is 6.54. The Morgan fingerprint density at radius 1 is 1.53 bits per heavy atom. The molecule has 1 aromatic heterocycles. The van der Waals surface area contributed by atoms with Crippen LogP contribution in [0.25, 0.3) is 0 Å². The first-order valence-electron chi connectivity index (χ1n) is 5.66. The molecular formula is C11H19N3S. The number of aryl methyl sites for hydroxylation is 1. The van der Waals surface area contributed by atoms with Crippen molar-refractivity contribution in [1.29, 1.82) is 0 Å². The van der Waals surface area contributed by atoms with Gasteiger partial charge in [0.15, 0.2) is 0 Å². The fraction of sp³-hybridized carbons (Fsp3) is 0.727. The summed E-state index contributed by atoms with van der Waals surface area (Å²) in [4.78, 5) is 5.63. The van der Waals surface area contributed by atoms with Crippen LogP contribution in [0.2, 0.25) is 0 Å². The van der Waals surface area contributed by atoms with Crippen LogP contribution in [-0.4, -0.2) is 24.6 Å². The number of hydrogen-bond acceptors (Lipinski definition) is 4. The molecule has 1 fully saturated rings. The van der Waals surface area contributed by atoms with Gasteiger partial charge in [-0.3, -0.25) is 0 Å². The van der Waals surface area contributed by atoms with Gasteiger partial charge in [-0.05, 0) is 45.3 Å². The summed E-state index contributed by atoms with van der Waals surface area (Å²) in [5.74, 6) is 0.861. The van der Waals surface area contributed by atoms with Gasteiger partial charge >= 0.3 is 0 Å². The lowest BCUT2D eigenvalue weighted by molar-refractivity contribution is 0.356. The number of nitrogens with one attached hydrogen (secondary N) is 2. The monoisotopic (exact) mass is 225 g/mol. The zero-order valence-electron chi connectivity index (χ0n) is 9.25. The van der Waals surface area contributed by atoms with Crippen LogP contribution in [0.4, 0.5) is 0 Å². The van der Waals surface area contributed by atoms with Crippen molar-refractivity contribution in [3.8, 4) is 0 Å². The number of nitrogens with zero attached hydrogens (tertiary/aromatic N) is 1. The summed E-state index contributed by atoms with van der Waals surface area (Å²) >= 11 is 1.75. The van der Waals surface area contributed by atoms with Crippen molar-refractivity contribution in [2.75, 3.05) is 19.6 Å². The second kappa shape index (κ2) is 5.58. The van der Waals surface area contributed by atoms with E-state index in [0.717, 1.165) is 19.0 Å². The molecule has 2 rings (SSSR count). The molecule has 1 aromatic rings. The van der Waals surface area contributed by atoms with Crippen molar-refractivity contribution in [2.45, 2.75) is 26.3 Å². The molecule has 0 bridgehead atoms. The van der Waals surface area contributed by atoms with Gasteiger partial charge in [-0.25, -0.2) is 4.98 Å². The van der Waals surface area contributed by atoms with Crippen LogP contribution in [-0.2, 0) is 6.54 Å². The Hall–Kier alpha value is -0.450. The van der Waals surface area contributed by atoms with E-state index in [1.165, 1.54) is 36.5 Å². The van der Waals surface area contributed by atoms with E-state index in [9.17, 15) is 0 Å². The molecule has 0 unspecified atom stereocenters. The van der Waals surface area contributed by atoms with Gasteiger partial charge in [0, 0.05) is 11.4 Å². The Morgan fingerprint density at radius 2 is 2.33 bits per heavy atom. The second-order valence-corrected chi connectivity index (χ2v) is 5.12. The molecule has 0 atom stereocenters. The average molecular weight is 225 g/mol. The van der Waals surface area contributed by atoms with Gasteiger partial charge in [-0.15, -0.1) is 11.3 Å². The zero-order chi connectivity index (χ0) is 10.5. The first-order chi connectivity index (χ1) is 7.36. The summed E-state index contributed by atoms with van der Waals surface area (Å²) < 4.78 is 0. The van der Waals surface area contributed by atoms with Gasteiger partial charge in [-0.1, -0.05) is 0 Å². The van der Waals surface area contributed by atoms with Crippen molar-refractivity contribution >= 4 is 11.3 Å². The third-order valence-electron chi connectivity index (χ3n) is 3.02. The number of thiazole rings is 1. The van der Waals surface area contributed by atoms with Crippen LogP contribution in [0, 0.1) is 12.8 Å². The minimum Gasteiger partial charge on any atom is -0.317 e. The van der Waals surface area contributed by atoms with E-state index in [0.29, 0.717) is 0 Å². The maximum atomic E-state index is 4.25. The van der Waals surface area contributed by atoms with Crippen molar-refractivity contribution in [1.82, 2.24) is 15.6 Å². The third kappa shape index (κ3) is 3.26. The Morgan fingerprint density at radius 3 is 3.00 bits per heavy atom. The van der Waals surface area contributed by atoms with Gasteiger partial charge in [0.2, 0.25) is 0 Å². The minimum absolute atomic E-state index is 0.861. The molecule has 0 saturated carbocycles. The highest BCUT2D eigenvalue weighted by atomic mass is 32.1. The maximum Gasteiger partial charge on any atom is 0.0798 e. The minimum atomic E-state index is 0.861. The summed E-state index contributed by atoms with van der Waals surface area (Å²) in [6.45, 7) is 6.59. The van der Waals surface area contributed by atoms with Crippen LogP contribution < -0.4 is 10.6 Å². The summed E-state index contributed by atoms with van der Waals surface area (Å²) in [5.41, 5.74) is 3.11. The van der Waals surface area contributed by atoms with E-state index in [2.05, 4.69) is 22.5 Å². The average Bonchev–Trinajstić information content (AvgIpc) is 2.66. The standard InChI is InChI=1S/C11H19N3S/c1-9-11(15-8-14-9)7-13-6-10-2-4-12-5-3-10/h8,10,12-13H,2-7H2,1H3. The highest BCUT2D eigenvalue weighted by Gasteiger charge is 2.12. The van der Waals surface area contributed by atoms with Crippen LogP contribution in [0.1, 0.15) is 23.4 Å². The van der Waals surface area contributed by atoms with E-state index in [-0.39, 0.29) is 0 Å². The van der Waals surface area contributed by atoms with Crippen molar-refractivity contribution < 1.29 is 0 Å². The quantitative estimate of drug-likeness (QED) is 0.816.